The first-order valence-electron chi connectivity index (χ1n) is 5.15. The number of amides is 1. The van der Waals surface area contributed by atoms with E-state index in [2.05, 4.69) is 24.1 Å². The number of nitrogens with two attached hydrogens (primary N) is 1. The Balaban J connectivity index is 2.85. The minimum Gasteiger partial charge on any atom is -0.369 e. The van der Waals surface area contributed by atoms with Crippen molar-refractivity contribution in [3.05, 3.63) is 0 Å². The van der Waals surface area contributed by atoms with Crippen LogP contribution >= 0.6 is 0 Å². The van der Waals surface area contributed by atoms with E-state index in [1.807, 2.05) is 14.0 Å². The fraction of sp³-hybridized carbons (Fsp3) is 0.900. The van der Waals surface area contributed by atoms with Gasteiger partial charge in [-0.1, -0.05) is 6.92 Å². The maximum Gasteiger partial charge on any atom is 0.223 e. The van der Waals surface area contributed by atoms with Crippen molar-refractivity contribution in [3.8, 4) is 0 Å². The molecule has 0 spiro atoms. The molecular formula is C10H21N3O. The molecule has 1 heterocycles. The fourth-order valence-corrected chi connectivity index (χ4v) is 2.23. The van der Waals surface area contributed by atoms with Crippen molar-refractivity contribution in [2.75, 3.05) is 20.1 Å². The molecule has 0 aromatic rings. The number of carbonyl (C=O) groups excluding carboxylic acids is 1. The first kappa shape index (κ1) is 11.5. The summed E-state index contributed by atoms with van der Waals surface area (Å²) in [5, 5.41) is 3.35. The molecule has 1 fully saturated rings. The van der Waals surface area contributed by atoms with E-state index in [-0.39, 0.29) is 23.4 Å². The third-order valence-corrected chi connectivity index (χ3v) is 3.41. The van der Waals surface area contributed by atoms with Crippen molar-refractivity contribution in [2.45, 2.75) is 32.4 Å². The smallest absolute Gasteiger partial charge is 0.223 e. The Labute approximate surface area is 85.8 Å². The van der Waals surface area contributed by atoms with Crippen LogP contribution in [0.15, 0.2) is 0 Å². The lowest BCUT2D eigenvalue weighted by Gasteiger charge is -2.34. The maximum atomic E-state index is 11.3. The lowest BCUT2D eigenvalue weighted by Crippen LogP contribution is -2.52. The Hall–Kier alpha value is -0.610. The monoisotopic (exact) mass is 199 g/mol. The highest BCUT2D eigenvalue weighted by molar-refractivity contribution is 5.78. The number of nitrogens with zero attached hydrogens (tertiary/aromatic N) is 1. The van der Waals surface area contributed by atoms with E-state index in [4.69, 9.17) is 5.73 Å². The molecule has 0 radical (unpaired) electrons. The van der Waals surface area contributed by atoms with Crippen LogP contribution in [0.1, 0.15) is 20.8 Å². The normalized spacial score (nSPS) is 32.0. The Morgan fingerprint density at radius 1 is 1.64 bits per heavy atom. The number of primary amides is 1. The van der Waals surface area contributed by atoms with E-state index < -0.39 is 0 Å². The zero-order valence-electron chi connectivity index (χ0n) is 9.50. The van der Waals surface area contributed by atoms with Crippen LogP contribution in [0.2, 0.25) is 0 Å². The lowest BCUT2D eigenvalue weighted by atomic mass is 9.89. The van der Waals surface area contributed by atoms with Crippen LogP contribution in [0.5, 0.6) is 0 Å². The molecule has 4 heteroatoms. The lowest BCUT2D eigenvalue weighted by molar-refractivity contribution is -0.122. The van der Waals surface area contributed by atoms with E-state index in [9.17, 15) is 4.79 Å². The topological polar surface area (TPSA) is 58.4 Å². The second kappa shape index (κ2) is 3.87. The zero-order chi connectivity index (χ0) is 10.9. The molecule has 2 atom stereocenters. The predicted octanol–water partition coefficient (Wildman–Crippen LogP) is -0.210. The van der Waals surface area contributed by atoms with Gasteiger partial charge >= 0.3 is 0 Å². The van der Waals surface area contributed by atoms with Crippen LogP contribution in [0.4, 0.5) is 0 Å². The van der Waals surface area contributed by atoms with Gasteiger partial charge in [0.15, 0.2) is 0 Å². The quantitative estimate of drug-likeness (QED) is 0.661. The molecule has 0 saturated carbocycles. The van der Waals surface area contributed by atoms with E-state index in [0.717, 1.165) is 13.1 Å². The average molecular weight is 199 g/mol. The van der Waals surface area contributed by atoms with Gasteiger partial charge < -0.3 is 11.1 Å². The fourth-order valence-electron chi connectivity index (χ4n) is 2.23. The van der Waals surface area contributed by atoms with E-state index >= 15 is 0 Å². The minimum atomic E-state index is -0.201. The Morgan fingerprint density at radius 3 is 2.64 bits per heavy atom. The summed E-state index contributed by atoms with van der Waals surface area (Å²) in [4.78, 5) is 13.5. The van der Waals surface area contributed by atoms with Gasteiger partial charge in [-0.3, -0.25) is 9.69 Å². The summed E-state index contributed by atoms with van der Waals surface area (Å²) in [7, 11) is 2.04. The number of hydrogen-bond donors (Lipinski definition) is 2. The van der Waals surface area contributed by atoms with Gasteiger partial charge in [-0.2, -0.15) is 0 Å². The van der Waals surface area contributed by atoms with Gasteiger partial charge in [0.2, 0.25) is 5.91 Å². The van der Waals surface area contributed by atoms with Crippen LogP contribution in [0.25, 0.3) is 0 Å². The molecule has 3 N–H and O–H groups in total. The van der Waals surface area contributed by atoms with Crippen molar-refractivity contribution >= 4 is 5.91 Å². The predicted molar refractivity (Wildman–Crippen MR) is 56.9 cm³/mol. The zero-order valence-corrected chi connectivity index (χ0v) is 9.50. The first-order chi connectivity index (χ1) is 6.41. The third-order valence-electron chi connectivity index (χ3n) is 3.41. The molecule has 0 aliphatic carbocycles. The van der Waals surface area contributed by atoms with Crippen LogP contribution in [-0.4, -0.2) is 42.5 Å². The second-order valence-corrected chi connectivity index (χ2v) is 4.58. The summed E-state index contributed by atoms with van der Waals surface area (Å²) in [5.41, 5.74) is 5.39. The van der Waals surface area contributed by atoms with E-state index in [1.165, 1.54) is 0 Å². The van der Waals surface area contributed by atoms with Gasteiger partial charge in [0.1, 0.15) is 0 Å². The summed E-state index contributed by atoms with van der Waals surface area (Å²) in [6, 6.07) is 0.162. The number of carbonyl (C=O) groups is 1. The summed E-state index contributed by atoms with van der Waals surface area (Å²) in [5.74, 6) is -0.275. The number of nitrogens with one attached hydrogen (secondary N) is 1. The summed E-state index contributed by atoms with van der Waals surface area (Å²) in [6.07, 6.45) is 0. The molecule has 1 amide bonds. The first-order valence-corrected chi connectivity index (χ1v) is 5.15. The van der Waals surface area contributed by atoms with Crippen LogP contribution < -0.4 is 11.1 Å². The Kier molecular flexibility index (Phi) is 3.17. The van der Waals surface area contributed by atoms with Gasteiger partial charge in [-0.05, 0) is 27.4 Å². The van der Waals surface area contributed by atoms with Crippen LogP contribution in [0.3, 0.4) is 0 Å². The van der Waals surface area contributed by atoms with E-state index in [0.29, 0.717) is 0 Å². The summed E-state index contributed by atoms with van der Waals surface area (Å²) >= 11 is 0. The Bertz CT molecular complexity index is 227. The Morgan fingerprint density at radius 2 is 2.21 bits per heavy atom. The molecule has 1 aliphatic rings. The van der Waals surface area contributed by atoms with Gasteiger partial charge in [0.25, 0.3) is 0 Å². The molecule has 82 valence electrons. The summed E-state index contributed by atoms with van der Waals surface area (Å²) in [6.45, 7) is 7.95. The number of hydrogen-bond acceptors (Lipinski definition) is 3. The van der Waals surface area contributed by atoms with Crippen LogP contribution in [-0.2, 0) is 4.79 Å². The SMILES string of the molecule is CCNC1C(C(N)=O)CN(C)C1(C)C. The molecular weight excluding hydrogens is 178 g/mol. The average Bonchev–Trinajstić information content (AvgIpc) is 2.29. The molecule has 4 nitrogen and oxygen atoms in total. The second-order valence-electron chi connectivity index (χ2n) is 4.58. The molecule has 14 heavy (non-hydrogen) atoms. The number of likely N-dealkylation sites (N-methyl/N-ethyl adjacent to an activating group) is 2. The molecule has 0 aromatic carbocycles. The third kappa shape index (κ3) is 1.77. The molecule has 1 rings (SSSR count). The standard InChI is InChI=1S/C10H21N3O/c1-5-12-8-7(9(11)14)6-13(4)10(8,2)3/h7-8,12H,5-6H2,1-4H3,(H2,11,14). The van der Waals surface area contributed by atoms with Gasteiger partial charge in [0, 0.05) is 18.1 Å². The number of likely N-dealkylation sites (tertiary alicyclic amines) is 1. The van der Waals surface area contributed by atoms with Crippen LogP contribution in [0, 0.1) is 5.92 Å². The largest absolute Gasteiger partial charge is 0.369 e. The highest BCUT2D eigenvalue weighted by atomic mass is 16.1. The molecule has 2 unspecified atom stereocenters. The highest BCUT2D eigenvalue weighted by Gasteiger charge is 2.47. The van der Waals surface area contributed by atoms with E-state index in [1.54, 1.807) is 0 Å². The molecule has 1 saturated heterocycles. The molecule has 0 bridgehead atoms. The van der Waals surface area contributed by atoms with Crippen molar-refractivity contribution in [3.63, 3.8) is 0 Å². The van der Waals surface area contributed by atoms with Gasteiger partial charge in [-0.15, -0.1) is 0 Å². The van der Waals surface area contributed by atoms with Gasteiger partial charge in [-0.25, -0.2) is 0 Å². The van der Waals surface area contributed by atoms with Crippen molar-refractivity contribution in [1.29, 1.82) is 0 Å². The summed E-state index contributed by atoms with van der Waals surface area (Å²) < 4.78 is 0. The van der Waals surface area contributed by atoms with Gasteiger partial charge in [0.05, 0.1) is 5.92 Å². The highest BCUT2D eigenvalue weighted by Crippen LogP contribution is 2.31. The van der Waals surface area contributed by atoms with Crippen molar-refractivity contribution in [2.24, 2.45) is 11.7 Å². The maximum absolute atomic E-state index is 11.3. The molecule has 1 aliphatic heterocycles. The van der Waals surface area contributed by atoms with Crippen molar-refractivity contribution < 1.29 is 4.79 Å². The number of rotatable bonds is 3. The minimum absolute atomic E-state index is 0.00426. The van der Waals surface area contributed by atoms with Crippen molar-refractivity contribution in [1.82, 2.24) is 10.2 Å². The molecule has 0 aromatic heterocycles.